The molecule has 0 aromatic heterocycles. The fourth-order valence-corrected chi connectivity index (χ4v) is 2.00. The van der Waals surface area contributed by atoms with Gasteiger partial charge in [0.2, 0.25) is 0 Å². The highest BCUT2D eigenvalue weighted by Gasteiger charge is 2.18. The van der Waals surface area contributed by atoms with Crippen molar-refractivity contribution in [2.75, 3.05) is 0 Å². The van der Waals surface area contributed by atoms with E-state index in [2.05, 4.69) is 0 Å². The summed E-state index contributed by atoms with van der Waals surface area (Å²) in [4.78, 5) is 21.2. The Balaban J connectivity index is 2.33. The molecule has 2 aromatic carbocycles. The molecular formula is C14H9ClFNO4. The Kier molecular flexibility index (Phi) is 4.49. The first kappa shape index (κ1) is 14.9. The second-order valence-electron chi connectivity index (χ2n) is 4.06. The van der Waals surface area contributed by atoms with Crippen LogP contribution in [-0.2, 0) is 6.61 Å². The molecule has 2 rings (SSSR count). The molecule has 0 unspecified atom stereocenters. The first-order chi connectivity index (χ1) is 10.0. The number of halogens is 2. The van der Waals surface area contributed by atoms with E-state index in [0.29, 0.717) is 6.29 Å². The molecule has 0 bridgehead atoms. The number of hydrogen-bond donors (Lipinski definition) is 0. The van der Waals surface area contributed by atoms with Crippen molar-refractivity contribution in [3.05, 3.63) is 68.5 Å². The van der Waals surface area contributed by atoms with E-state index in [9.17, 15) is 19.3 Å². The summed E-state index contributed by atoms with van der Waals surface area (Å²) in [6.45, 7) is -0.322. The van der Waals surface area contributed by atoms with Crippen LogP contribution in [0.4, 0.5) is 10.1 Å². The SMILES string of the molecule is O=Cc1cccc(F)c1OCc1c(Cl)cccc1[N+](=O)[O-]. The van der Waals surface area contributed by atoms with Crippen LogP contribution in [0.3, 0.4) is 0 Å². The van der Waals surface area contributed by atoms with E-state index < -0.39 is 10.7 Å². The van der Waals surface area contributed by atoms with Crippen molar-refractivity contribution >= 4 is 23.6 Å². The first-order valence-electron chi connectivity index (χ1n) is 5.83. The fraction of sp³-hybridized carbons (Fsp3) is 0.0714. The number of ether oxygens (including phenoxy) is 1. The van der Waals surface area contributed by atoms with Gasteiger partial charge in [-0.25, -0.2) is 4.39 Å². The molecule has 21 heavy (non-hydrogen) atoms. The highest BCUT2D eigenvalue weighted by molar-refractivity contribution is 6.31. The molecule has 0 saturated heterocycles. The van der Waals surface area contributed by atoms with Crippen molar-refractivity contribution in [1.82, 2.24) is 0 Å². The second kappa shape index (κ2) is 6.32. The van der Waals surface area contributed by atoms with Crippen LogP contribution < -0.4 is 4.74 Å². The lowest BCUT2D eigenvalue weighted by molar-refractivity contribution is -0.385. The molecule has 0 radical (unpaired) electrons. The summed E-state index contributed by atoms with van der Waals surface area (Å²) in [5.41, 5.74) is -0.0968. The number of nitro groups is 1. The van der Waals surface area contributed by atoms with Crippen LogP contribution >= 0.6 is 11.6 Å². The first-order valence-corrected chi connectivity index (χ1v) is 6.20. The van der Waals surface area contributed by atoms with Crippen LogP contribution in [0, 0.1) is 15.9 Å². The summed E-state index contributed by atoms with van der Waals surface area (Å²) >= 11 is 5.91. The van der Waals surface area contributed by atoms with E-state index in [1.54, 1.807) is 0 Å². The molecule has 0 saturated carbocycles. The van der Waals surface area contributed by atoms with E-state index in [-0.39, 0.29) is 34.2 Å². The predicted molar refractivity (Wildman–Crippen MR) is 74.2 cm³/mol. The normalized spacial score (nSPS) is 10.2. The minimum absolute atomic E-state index is 0.0182. The smallest absolute Gasteiger partial charge is 0.277 e. The lowest BCUT2D eigenvalue weighted by atomic mass is 10.2. The van der Waals surface area contributed by atoms with Crippen LogP contribution in [0.5, 0.6) is 5.75 Å². The summed E-state index contributed by atoms with van der Waals surface area (Å²) in [5, 5.41) is 11.1. The van der Waals surface area contributed by atoms with E-state index in [1.165, 1.54) is 30.3 Å². The van der Waals surface area contributed by atoms with Crippen LogP contribution in [-0.4, -0.2) is 11.2 Å². The van der Waals surface area contributed by atoms with E-state index >= 15 is 0 Å². The van der Waals surface area contributed by atoms with Gasteiger partial charge >= 0.3 is 0 Å². The number of para-hydroxylation sites is 1. The Bertz CT molecular complexity index is 705. The maximum absolute atomic E-state index is 13.6. The third-order valence-electron chi connectivity index (χ3n) is 2.78. The molecule has 0 atom stereocenters. The number of carbonyl (C=O) groups is 1. The molecule has 2 aromatic rings. The zero-order chi connectivity index (χ0) is 15.4. The van der Waals surface area contributed by atoms with Gasteiger partial charge in [-0.1, -0.05) is 23.7 Å². The Morgan fingerprint density at radius 3 is 2.67 bits per heavy atom. The highest BCUT2D eigenvalue weighted by Crippen LogP contribution is 2.29. The average molecular weight is 310 g/mol. The number of nitro benzene ring substituents is 1. The van der Waals surface area contributed by atoms with Crippen LogP contribution in [0.15, 0.2) is 36.4 Å². The van der Waals surface area contributed by atoms with E-state index in [4.69, 9.17) is 16.3 Å². The van der Waals surface area contributed by atoms with Gasteiger partial charge in [0.25, 0.3) is 5.69 Å². The van der Waals surface area contributed by atoms with Gasteiger partial charge in [-0.05, 0) is 18.2 Å². The summed E-state index contributed by atoms with van der Waals surface area (Å²) < 4.78 is 18.9. The molecule has 0 aliphatic carbocycles. The van der Waals surface area contributed by atoms with E-state index in [1.807, 2.05) is 0 Å². The van der Waals surface area contributed by atoms with Crippen molar-refractivity contribution in [3.8, 4) is 5.75 Å². The molecule has 0 N–H and O–H groups in total. The van der Waals surface area contributed by atoms with Gasteiger partial charge in [-0.2, -0.15) is 0 Å². The second-order valence-corrected chi connectivity index (χ2v) is 4.47. The Morgan fingerprint density at radius 2 is 2.00 bits per heavy atom. The molecule has 0 aliphatic heterocycles. The maximum Gasteiger partial charge on any atom is 0.277 e. The van der Waals surface area contributed by atoms with Gasteiger partial charge in [-0.15, -0.1) is 0 Å². The van der Waals surface area contributed by atoms with Crippen molar-refractivity contribution in [3.63, 3.8) is 0 Å². The van der Waals surface area contributed by atoms with E-state index in [0.717, 1.165) is 6.07 Å². The summed E-state index contributed by atoms with van der Waals surface area (Å²) in [6.07, 6.45) is 0.444. The number of benzene rings is 2. The summed E-state index contributed by atoms with van der Waals surface area (Å²) in [6, 6.07) is 8.05. The number of hydrogen-bond acceptors (Lipinski definition) is 4. The predicted octanol–water partition coefficient (Wildman–Crippen LogP) is 3.78. The minimum atomic E-state index is -0.727. The average Bonchev–Trinajstić information content (AvgIpc) is 2.46. The molecule has 0 spiro atoms. The summed E-state index contributed by atoms with van der Waals surface area (Å²) in [7, 11) is 0. The zero-order valence-corrected chi connectivity index (χ0v) is 11.3. The number of aldehydes is 1. The van der Waals surface area contributed by atoms with Crippen LogP contribution in [0.2, 0.25) is 5.02 Å². The molecule has 0 amide bonds. The van der Waals surface area contributed by atoms with Gasteiger partial charge in [0, 0.05) is 6.07 Å². The third-order valence-corrected chi connectivity index (χ3v) is 3.13. The number of carbonyl (C=O) groups excluding carboxylic acids is 1. The molecule has 7 heteroatoms. The van der Waals surface area contributed by atoms with Crippen molar-refractivity contribution in [2.24, 2.45) is 0 Å². The lowest BCUT2D eigenvalue weighted by Gasteiger charge is -2.10. The molecule has 108 valence electrons. The van der Waals surface area contributed by atoms with Gasteiger partial charge < -0.3 is 4.74 Å². The Morgan fingerprint density at radius 1 is 1.29 bits per heavy atom. The Hall–Kier alpha value is -2.47. The topological polar surface area (TPSA) is 69.4 Å². The minimum Gasteiger partial charge on any atom is -0.485 e. The lowest BCUT2D eigenvalue weighted by Crippen LogP contribution is -2.04. The van der Waals surface area contributed by atoms with Crippen LogP contribution in [0.1, 0.15) is 15.9 Å². The Labute approximate surface area is 124 Å². The standard InChI is InChI=1S/C14H9ClFNO4/c15-11-4-2-6-13(17(19)20)10(11)8-21-14-9(7-18)3-1-5-12(14)16/h1-7H,8H2. The molecular weight excluding hydrogens is 301 g/mol. The molecule has 0 aliphatic rings. The largest absolute Gasteiger partial charge is 0.485 e. The van der Waals surface area contributed by atoms with Gasteiger partial charge in [-0.3, -0.25) is 14.9 Å². The van der Waals surface area contributed by atoms with Crippen LogP contribution in [0.25, 0.3) is 0 Å². The van der Waals surface area contributed by atoms with Crippen molar-refractivity contribution in [2.45, 2.75) is 6.61 Å². The zero-order valence-electron chi connectivity index (χ0n) is 10.6. The third kappa shape index (κ3) is 3.17. The van der Waals surface area contributed by atoms with Gasteiger partial charge in [0.15, 0.2) is 17.9 Å². The maximum atomic E-state index is 13.6. The summed E-state index contributed by atoms with van der Waals surface area (Å²) in [5.74, 6) is -0.990. The molecule has 0 heterocycles. The monoisotopic (exact) mass is 309 g/mol. The quantitative estimate of drug-likeness (QED) is 0.479. The van der Waals surface area contributed by atoms with Gasteiger partial charge in [0.1, 0.15) is 6.61 Å². The number of rotatable bonds is 5. The fourth-order valence-electron chi connectivity index (χ4n) is 1.78. The van der Waals surface area contributed by atoms with Crippen molar-refractivity contribution in [1.29, 1.82) is 0 Å². The molecule has 5 nitrogen and oxygen atoms in total. The highest BCUT2D eigenvalue weighted by atomic mass is 35.5. The van der Waals surface area contributed by atoms with Crippen molar-refractivity contribution < 1.29 is 18.8 Å². The number of nitrogens with zero attached hydrogens (tertiary/aromatic N) is 1. The van der Waals surface area contributed by atoms with Gasteiger partial charge in [0.05, 0.1) is 21.1 Å². The molecule has 0 fully saturated rings.